The smallest absolute Gasteiger partial charge is 0.450 e. The number of hydrogen-bond donors (Lipinski definition) is 1. The quantitative estimate of drug-likeness (QED) is 0.790. The molecule has 8 heteroatoms. The Bertz CT molecular complexity index is 889. The summed E-state index contributed by atoms with van der Waals surface area (Å²) in [5.41, 5.74) is 0.0457. The Kier molecular flexibility index (Phi) is 3.88. The Balaban J connectivity index is 1.99. The van der Waals surface area contributed by atoms with Gasteiger partial charge in [-0.3, -0.25) is 4.40 Å². The zero-order valence-corrected chi connectivity index (χ0v) is 12.1. The number of aromatic carboxylic acids is 1. The van der Waals surface area contributed by atoms with Gasteiger partial charge in [0.05, 0.1) is 11.7 Å². The molecule has 0 unspecified atom stereocenters. The topological polar surface area (TPSA) is 63.8 Å². The molecule has 0 aliphatic heterocycles. The van der Waals surface area contributed by atoms with Gasteiger partial charge >= 0.3 is 12.1 Å². The summed E-state index contributed by atoms with van der Waals surface area (Å²) in [6.07, 6.45) is -3.70. The highest BCUT2D eigenvalue weighted by Crippen LogP contribution is 2.31. The molecule has 5 nitrogen and oxygen atoms in total. The summed E-state index contributed by atoms with van der Waals surface area (Å²) in [6.45, 7) is 0.175. The Hall–Kier alpha value is -3.03. The zero-order valence-electron chi connectivity index (χ0n) is 12.1. The van der Waals surface area contributed by atoms with Crippen molar-refractivity contribution in [1.29, 1.82) is 0 Å². The van der Waals surface area contributed by atoms with Crippen molar-refractivity contribution in [2.24, 2.45) is 0 Å². The summed E-state index contributed by atoms with van der Waals surface area (Å²) in [5.74, 6) is -2.66. The number of fused-ring (bicyclic) bond motifs is 1. The molecule has 0 radical (unpaired) electrons. The highest BCUT2D eigenvalue weighted by molar-refractivity contribution is 5.93. The first-order valence-electron chi connectivity index (χ1n) is 6.85. The largest absolute Gasteiger partial charge is 0.487 e. The molecule has 0 fully saturated rings. The molecule has 24 heavy (non-hydrogen) atoms. The van der Waals surface area contributed by atoms with Crippen LogP contribution in [0, 0.1) is 0 Å². The third kappa shape index (κ3) is 3.03. The summed E-state index contributed by atoms with van der Waals surface area (Å²) >= 11 is 0. The lowest BCUT2D eigenvalue weighted by Gasteiger charge is -2.09. The van der Waals surface area contributed by atoms with Crippen LogP contribution < -0.4 is 4.74 Å². The Morgan fingerprint density at radius 2 is 1.88 bits per heavy atom. The molecule has 0 spiro atoms. The predicted molar refractivity (Wildman–Crippen MR) is 77.9 cm³/mol. The van der Waals surface area contributed by atoms with Crippen molar-refractivity contribution >= 4 is 11.5 Å². The molecular weight excluding hydrogens is 325 g/mol. The zero-order chi connectivity index (χ0) is 17.3. The van der Waals surface area contributed by atoms with Crippen LogP contribution in [0.15, 0.2) is 48.7 Å². The molecule has 1 aromatic carbocycles. The number of aromatic nitrogens is 2. The van der Waals surface area contributed by atoms with Crippen LogP contribution in [0.3, 0.4) is 0 Å². The van der Waals surface area contributed by atoms with Gasteiger partial charge in [-0.05, 0) is 17.7 Å². The lowest BCUT2D eigenvalue weighted by Crippen LogP contribution is -2.11. The molecule has 0 aliphatic carbocycles. The van der Waals surface area contributed by atoms with E-state index in [9.17, 15) is 18.0 Å². The lowest BCUT2D eigenvalue weighted by molar-refractivity contribution is -0.145. The van der Waals surface area contributed by atoms with Gasteiger partial charge < -0.3 is 9.84 Å². The van der Waals surface area contributed by atoms with Gasteiger partial charge in [0.25, 0.3) is 0 Å². The number of halogens is 3. The molecule has 0 saturated carbocycles. The van der Waals surface area contributed by atoms with Gasteiger partial charge in [0, 0.05) is 0 Å². The second-order valence-corrected chi connectivity index (χ2v) is 4.98. The second kappa shape index (κ2) is 5.88. The van der Waals surface area contributed by atoms with Gasteiger partial charge in [0.1, 0.15) is 12.4 Å². The number of carboxylic acids is 1. The normalized spacial score (nSPS) is 11.6. The Labute approximate surface area is 133 Å². The predicted octanol–water partition coefficient (Wildman–Crippen LogP) is 3.63. The minimum atomic E-state index is -4.78. The molecule has 0 amide bonds. The molecule has 0 bridgehead atoms. The van der Waals surface area contributed by atoms with Crippen LogP contribution in [-0.4, -0.2) is 20.5 Å². The number of benzene rings is 1. The van der Waals surface area contributed by atoms with Crippen LogP contribution in [0.25, 0.3) is 5.52 Å². The fourth-order valence-corrected chi connectivity index (χ4v) is 2.25. The molecule has 1 N–H and O–H groups in total. The fraction of sp³-hybridized carbons (Fsp3) is 0.125. The number of alkyl halides is 3. The average Bonchev–Trinajstić information content (AvgIpc) is 2.93. The Morgan fingerprint density at radius 3 is 2.50 bits per heavy atom. The van der Waals surface area contributed by atoms with Gasteiger partial charge in [-0.1, -0.05) is 30.3 Å². The fourth-order valence-electron chi connectivity index (χ4n) is 2.25. The number of rotatable bonds is 4. The molecule has 3 rings (SSSR count). The minimum Gasteiger partial charge on any atom is -0.487 e. The molecular formula is C16H11F3N2O3. The van der Waals surface area contributed by atoms with Gasteiger partial charge in [-0.2, -0.15) is 13.2 Å². The summed E-state index contributed by atoms with van der Waals surface area (Å²) in [6, 6.07) is 11.8. The van der Waals surface area contributed by atoms with E-state index in [0.717, 1.165) is 11.8 Å². The highest BCUT2D eigenvalue weighted by Gasteiger charge is 2.38. The third-order valence-corrected chi connectivity index (χ3v) is 3.31. The summed E-state index contributed by atoms with van der Waals surface area (Å²) in [7, 11) is 0. The number of carbonyl (C=O) groups is 1. The Morgan fingerprint density at radius 1 is 1.17 bits per heavy atom. The SMILES string of the molecule is O=C(O)c1nc(C(F)(F)F)n2cc(OCc3ccccc3)ccc12. The van der Waals surface area contributed by atoms with Crippen LogP contribution in [-0.2, 0) is 12.8 Å². The van der Waals surface area contributed by atoms with Crippen molar-refractivity contribution in [3.8, 4) is 5.75 Å². The van der Waals surface area contributed by atoms with E-state index in [2.05, 4.69) is 4.98 Å². The van der Waals surface area contributed by atoms with E-state index in [1.165, 1.54) is 12.1 Å². The van der Waals surface area contributed by atoms with E-state index < -0.39 is 23.7 Å². The van der Waals surface area contributed by atoms with Crippen molar-refractivity contribution in [3.63, 3.8) is 0 Å². The molecule has 124 valence electrons. The summed E-state index contributed by atoms with van der Waals surface area (Å²) < 4.78 is 45.3. The van der Waals surface area contributed by atoms with Crippen LogP contribution >= 0.6 is 0 Å². The van der Waals surface area contributed by atoms with Crippen LogP contribution in [0.1, 0.15) is 21.9 Å². The van der Waals surface area contributed by atoms with E-state index in [0.29, 0.717) is 4.40 Å². The van der Waals surface area contributed by atoms with Gasteiger partial charge in [-0.15, -0.1) is 0 Å². The van der Waals surface area contributed by atoms with Crippen LogP contribution in [0.2, 0.25) is 0 Å². The number of imidazole rings is 1. The lowest BCUT2D eigenvalue weighted by atomic mass is 10.2. The van der Waals surface area contributed by atoms with E-state index in [-0.39, 0.29) is 17.9 Å². The maximum absolute atomic E-state index is 13.1. The monoisotopic (exact) mass is 336 g/mol. The van der Waals surface area contributed by atoms with E-state index in [4.69, 9.17) is 9.84 Å². The number of carboxylic acid groups (broad SMARTS) is 1. The molecule has 0 saturated heterocycles. The molecule has 0 aliphatic rings. The molecule has 2 heterocycles. The number of ether oxygens (including phenoxy) is 1. The maximum Gasteiger partial charge on any atom is 0.450 e. The van der Waals surface area contributed by atoms with Crippen LogP contribution in [0.4, 0.5) is 13.2 Å². The van der Waals surface area contributed by atoms with Gasteiger partial charge in [0.2, 0.25) is 5.82 Å². The van der Waals surface area contributed by atoms with E-state index in [1.54, 1.807) is 0 Å². The minimum absolute atomic E-state index is 0.151. The van der Waals surface area contributed by atoms with Crippen molar-refractivity contribution in [1.82, 2.24) is 9.38 Å². The number of nitrogens with zero attached hydrogens (tertiary/aromatic N) is 2. The summed E-state index contributed by atoms with van der Waals surface area (Å²) in [4.78, 5) is 14.3. The number of hydrogen-bond acceptors (Lipinski definition) is 3. The van der Waals surface area contributed by atoms with Gasteiger partial charge in [-0.25, -0.2) is 9.78 Å². The van der Waals surface area contributed by atoms with Crippen molar-refractivity contribution in [2.45, 2.75) is 12.8 Å². The van der Waals surface area contributed by atoms with Gasteiger partial charge in [0.15, 0.2) is 5.69 Å². The molecule has 3 aromatic rings. The number of pyridine rings is 1. The molecule has 0 atom stereocenters. The van der Waals surface area contributed by atoms with E-state index in [1.807, 2.05) is 30.3 Å². The third-order valence-electron chi connectivity index (χ3n) is 3.31. The van der Waals surface area contributed by atoms with Crippen LogP contribution in [0.5, 0.6) is 5.75 Å². The second-order valence-electron chi connectivity index (χ2n) is 4.98. The first kappa shape index (κ1) is 15.9. The highest BCUT2D eigenvalue weighted by atomic mass is 19.4. The first-order valence-corrected chi connectivity index (χ1v) is 6.85. The van der Waals surface area contributed by atoms with E-state index >= 15 is 0 Å². The summed E-state index contributed by atoms with van der Waals surface area (Å²) in [5, 5.41) is 9.01. The first-order chi connectivity index (χ1) is 11.4. The van der Waals surface area contributed by atoms with Crippen molar-refractivity contribution in [3.05, 3.63) is 65.7 Å². The maximum atomic E-state index is 13.1. The average molecular weight is 336 g/mol. The van der Waals surface area contributed by atoms with Crippen molar-refractivity contribution < 1.29 is 27.8 Å². The molecule has 2 aromatic heterocycles. The standard InChI is InChI=1S/C16H11F3N2O3/c17-16(18,19)15-20-13(14(22)23)12-7-6-11(8-21(12)15)24-9-10-4-2-1-3-5-10/h1-8H,9H2,(H,22,23). The van der Waals surface area contributed by atoms with Crippen molar-refractivity contribution in [2.75, 3.05) is 0 Å².